The molecule has 0 saturated carbocycles. The van der Waals surface area contributed by atoms with Crippen molar-refractivity contribution in [3.8, 4) is 5.75 Å². The van der Waals surface area contributed by atoms with Crippen LogP contribution in [0.25, 0.3) is 11.0 Å². The van der Waals surface area contributed by atoms with Crippen LogP contribution in [0.5, 0.6) is 5.75 Å². The molecule has 0 aliphatic rings. The number of para-hydroxylation sites is 2. The van der Waals surface area contributed by atoms with Gasteiger partial charge in [0.1, 0.15) is 5.58 Å². The molecule has 0 unspecified atom stereocenters. The topological polar surface area (TPSA) is 80.6 Å². The average molecular weight is 370 g/mol. The molecule has 0 fully saturated rings. The summed E-state index contributed by atoms with van der Waals surface area (Å²) in [4.78, 5) is 24.0. The van der Waals surface area contributed by atoms with Crippen molar-refractivity contribution in [2.45, 2.75) is 19.8 Å². The smallest absolute Gasteiger partial charge is 0.305 e. The largest absolute Gasteiger partial charge is 0.491 e. The van der Waals surface area contributed by atoms with Crippen molar-refractivity contribution in [1.82, 2.24) is 10.9 Å². The number of benzene rings is 2. The minimum Gasteiger partial charge on any atom is -0.491 e. The van der Waals surface area contributed by atoms with Crippen molar-refractivity contribution in [2.75, 3.05) is 6.61 Å². The Bertz CT molecular complexity index is 968. The highest BCUT2D eigenvalue weighted by Crippen LogP contribution is 2.24. The number of furan rings is 1. The molecule has 2 amide bonds. The van der Waals surface area contributed by atoms with Crippen molar-refractivity contribution in [3.05, 3.63) is 65.7 Å². The first-order chi connectivity index (χ1) is 13.1. The second kappa shape index (κ2) is 8.35. The van der Waals surface area contributed by atoms with E-state index in [1.807, 2.05) is 18.2 Å². The third-order valence-corrected chi connectivity index (χ3v) is 4.01. The van der Waals surface area contributed by atoms with Gasteiger partial charge in [-0.2, -0.15) is 0 Å². The van der Waals surface area contributed by atoms with Crippen LogP contribution in [-0.4, -0.2) is 18.4 Å². The first-order valence-corrected chi connectivity index (χ1v) is 8.51. The summed E-state index contributed by atoms with van der Waals surface area (Å²) in [7, 11) is 0. The molecule has 0 aliphatic heterocycles. The number of hydrazine groups is 1. The summed E-state index contributed by atoms with van der Waals surface area (Å²) < 4.78 is 24.2. The first-order valence-electron chi connectivity index (χ1n) is 8.51. The summed E-state index contributed by atoms with van der Waals surface area (Å²) in [6, 6.07) is 13.4. The summed E-state index contributed by atoms with van der Waals surface area (Å²) >= 11 is 0. The van der Waals surface area contributed by atoms with Crippen molar-refractivity contribution in [2.24, 2.45) is 0 Å². The third-order valence-electron chi connectivity index (χ3n) is 4.01. The lowest BCUT2D eigenvalue weighted by molar-refractivity contribution is -0.122. The Labute approximate surface area is 155 Å². The molecular weight excluding hydrogens is 351 g/mol. The number of ether oxygens (including phenoxy) is 1. The van der Waals surface area contributed by atoms with E-state index in [0.29, 0.717) is 17.6 Å². The molecule has 2 aromatic carbocycles. The van der Waals surface area contributed by atoms with Gasteiger partial charge in [0.05, 0.1) is 6.61 Å². The molecule has 0 atom stereocenters. The maximum absolute atomic E-state index is 13.4. The van der Waals surface area contributed by atoms with Crippen LogP contribution in [0.3, 0.4) is 0 Å². The summed E-state index contributed by atoms with van der Waals surface area (Å²) in [6.45, 7) is 1.97. The fourth-order valence-electron chi connectivity index (χ4n) is 2.61. The maximum atomic E-state index is 13.4. The second-order valence-corrected chi connectivity index (χ2v) is 5.94. The average Bonchev–Trinajstić information content (AvgIpc) is 3.02. The molecule has 0 bridgehead atoms. The molecule has 3 aromatic rings. The van der Waals surface area contributed by atoms with E-state index in [1.165, 1.54) is 12.1 Å². The number of carbonyl (C=O) groups is 2. The van der Waals surface area contributed by atoms with Crippen LogP contribution in [0.15, 0.2) is 52.9 Å². The summed E-state index contributed by atoms with van der Waals surface area (Å²) in [5.41, 5.74) is 5.98. The van der Waals surface area contributed by atoms with Crippen LogP contribution >= 0.6 is 0 Å². The quantitative estimate of drug-likeness (QED) is 0.514. The van der Waals surface area contributed by atoms with Crippen molar-refractivity contribution < 1.29 is 23.1 Å². The molecule has 1 aromatic heterocycles. The first kappa shape index (κ1) is 18.4. The number of halogens is 1. The van der Waals surface area contributed by atoms with Gasteiger partial charge in [0.25, 0.3) is 0 Å². The molecule has 7 heteroatoms. The Balaban J connectivity index is 1.44. The van der Waals surface area contributed by atoms with Crippen LogP contribution in [0.1, 0.15) is 29.0 Å². The Hall–Kier alpha value is -3.35. The highest BCUT2D eigenvalue weighted by molar-refractivity contribution is 5.99. The van der Waals surface area contributed by atoms with Gasteiger partial charge in [-0.05, 0) is 31.5 Å². The third kappa shape index (κ3) is 4.44. The van der Waals surface area contributed by atoms with Crippen LogP contribution in [0.4, 0.5) is 4.39 Å². The van der Waals surface area contributed by atoms with Gasteiger partial charge >= 0.3 is 5.91 Å². The van der Waals surface area contributed by atoms with Gasteiger partial charge in [-0.25, -0.2) is 4.39 Å². The second-order valence-electron chi connectivity index (χ2n) is 5.94. The van der Waals surface area contributed by atoms with Gasteiger partial charge in [0.2, 0.25) is 5.91 Å². The number of nitrogens with one attached hydrogen (secondary N) is 2. The number of rotatable bonds is 6. The normalized spacial score (nSPS) is 10.6. The molecule has 2 N–H and O–H groups in total. The highest BCUT2D eigenvalue weighted by atomic mass is 19.1. The van der Waals surface area contributed by atoms with E-state index in [9.17, 15) is 14.0 Å². The number of amides is 2. The van der Waals surface area contributed by atoms with Crippen LogP contribution in [0, 0.1) is 12.7 Å². The highest BCUT2D eigenvalue weighted by Gasteiger charge is 2.17. The van der Waals surface area contributed by atoms with Crippen molar-refractivity contribution in [3.63, 3.8) is 0 Å². The molecule has 0 spiro atoms. The predicted octanol–water partition coefficient (Wildman–Crippen LogP) is 3.50. The maximum Gasteiger partial charge on any atom is 0.305 e. The fourth-order valence-corrected chi connectivity index (χ4v) is 2.61. The van der Waals surface area contributed by atoms with Crippen molar-refractivity contribution in [1.29, 1.82) is 0 Å². The molecular formula is C20H19FN2O4. The van der Waals surface area contributed by atoms with E-state index in [-0.39, 0.29) is 30.4 Å². The number of carbonyl (C=O) groups excluding carboxylic acids is 2. The van der Waals surface area contributed by atoms with Gasteiger partial charge < -0.3 is 9.15 Å². The summed E-state index contributed by atoms with van der Waals surface area (Å²) in [5, 5.41) is 0.847. The van der Waals surface area contributed by atoms with Crippen molar-refractivity contribution >= 4 is 22.8 Å². The zero-order valence-electron chi connectivity index (χ0n) is 14.8. The zero-order chi connectivity index (χ0) is 19.2. The zero-order valence-corrected chi connectivity index (χ0v) is 14.8. The van der Waals surface area contributed by atoms with Gasteiger partial charge in [0, 0.05) is 17.4 Å². The summed E-state index contributed by atoms with van der Waals surface area (Å²) in [6.07, 6.45) is 0.494. The van der Waals surface area contributed by atoms with Gasteiger partial charge in [-0.3, -0.25) is 20.4 Å². The minimum absolute atomic E-state index is 0.119. The number of hydrogen-bond acceptors (Lipinski definition) is 4. The van der Waals surface area contributed by atoms with E-state index in [4.69, 9.17) is 9.15 Å². The van der Waals surface area contributed by atoms with Crippen LogP contribution in [0.2, 0.25) is 0 Å². The standard InChI is InChI=1S/C20H19FN2O4/c1-13-14-7-2-4-9-16(14)27-19(13)20(25)23-22-18(24)11-6-12-26-17-10-5-3-8-15(17)21/h2-5,7-10H,6,11-12H2,1H3,(H,22,24)(H,23,25). The Kier molecular flexibility index (Phi) is 5.71. The lowest BCUT2D eigenvalue weighted by atomic mass is 10.1. The molecule has 3 rings (SSSR count). The molecule has 0 radical (unpaired) electrons. The number of fused-ring (bicyclic) bond motifs is 1. The van der Waals surface area contributed by atoms with Gasteiger partial charge in [-0.1, -0.05) is 30.3 Å². The van der Waals surface area contributed by atoms with E-state index >= 15 is 0 Å². The van der Waals surface area contributed by atoms with Gasteiger partial charge in [0.15, 0.2) is 17.3 Å². The lowest BCUT2D eigenvalue weighted by Crippen LogP contribution is -2.41. The Morgan fingerprint density at radius 2 is 1.81 bits per heavy atom. The van der Waals surface area contributed by atoms with Crippen LogP contribution < -0.4 is 15.6 Å². The molecule has 27 heavy (non-hydrogen) atoms. The van der Waals surface area contributed by atoms with E-state index in [1.54, 1.807) is 25.1 Å². The Morgan fingerprint density at radius 1 is 1.07 bits per heavy atom. The fraction of sp³-hybridized carbons (Fsp3) is 0.200. The van der Waals surface area contributed by atoms with Gasteiger partial charge in [-0.15, -0.1) is 0 Å². The monoisotopic (exact) mass is 370 g/mol. The number of hydrogen-bond donors (Lipinski definition) is 2. The SMILES string of the molecule is Cc1c(C(=O)NNC(=O)CCCOc2ccccc2F)oc2ccccc12. The Morgan fingerprint density at radius 3 is 2.59 bits per heavy atom. The molecule has 6 nitrogen and oxygen atoms in total. The number of aryl methyl sites for hydroxylation is 1. The van der Waals surface area contributed by atoms with E-state index in [0.717, 1.165) is 5.39 Å². The predicted molar refractivity (Wildman–Crippen MR) is 97.7 cm³/mol. The van der Waals surface area contributed by atoms with E-state index < -0.39 is 11.7 Å². The lowest BCUT2D eigenvalue weighted by Gasteiger charge is -2.08. The molecule has 1 heterocycles. The molecule has 0 saturated heterocycles. The molecule has 0 aliphatic carbocycles. The molecule has 140 valence electrons. The summed E-state index contributed by atoms with van der Waals surface area (Å²) in [5.74, 6) is -1.06. The van der Waals surface area contributed by atoms with E-state index in [2.05, 4.69) is 10.9 Å². The van der Waals surface area contributed by atoms with Crippen LogP contribution in [-0.2, 0) is 4.79 Å². The minimum atomic E-state index is -0.528.